The molecule has 1 aromatic rings. The monoisotopic (exact) mass is 262 g/mol. The summed E-state index contributed by atoms with van der Waals surface area (Å²) in [5.41, 5.74) is 1.36. The van der Waals surface area contributed by atoms with Crippen molar-refractivity contribution >= 4 is 0 Å². The molecule has 1 aromatic carbocycles. The van der Waals surface area contributed by atoms with Crippen LogP contribution in [-0.4, -0.2) is 44.8 Å². The second-order valence-electron chi connectivity index (χ2n) is 5.48. The minimum atomic E-state index is 0.827. The summed E-state index contributed by atoms with van der Waals surface area (Å²) in [5.74, 6) is 0.827. The van der Waals surface area contributed by atoms with E-state index in [1.165, 1.54) is 24.9 Å². The van der Waals surface area contributed by atoms with Crippen molar-refractivity contribution in [2.24, 2.45) is 5.92 Å². The summed E-state index contributed by atoms with van der Waals surface area (Å²) in [6.45, 7) is 6.23. The van der Waals surface area contributed by atoms with Gasteiger partial charge in [0.05, 0.1) is 0 Å². The molecule has 0 atom stereocenters. The van der Waals surface area contributed by atoms with Gasteiger partial charge >= 0.3 is 0 Å². The molecule has 1 heterocycles. The van der Waals surface area contributed by atoms with Gasteiger partial charge in [-0.05, 0) is 31.4 Å². The van der Waals surface area contributed by atoms with Crippen LogP contribution in [0.25, 0.3) is 0 Å². The molecular weight excluding hydrogens is 236 g/mol. The van der Waals surface area contributed by atoms with Crippen LogP contribution >= 0.6 is 0 Å². The van der Waals surface area contributed by atoms with E-state index in [9.17, 15) is 0 Å². The molecule has 0 aliphatic carbocycles. The summed E-state index contributed by atoms with van der Waals surface area (Å²) < 4.78 is 5.40. The van der Waals surface area contributed by atoms with Gasteiger partial charge in [0, 0.05) is 39.4 Å². The first-order valence-corrected chi connectivity index (χ1v) is 7.35. The first-order chi connectivity index (χ1) is 9.34. The average Bonchev–Trinajstić information content (AvgIpc) is 2.46. The van der Waals surface area contributed by atoms with Crippen molar-refractivity contribution in [2.45, 2.75) is 19.4 Å². The number of nitrogens with zero attached hydrogens (tertiary/aromatic N) is 1. The number of benzene rings is 1. The predicted octanol–water partition coefficient (Wildman–Crippen LogP) is 2.13. The van der Waals surface area contributed by atoms with Crippen LogP contribution in [-0.2, 0) is 11.3 Å². The topological polar surface area (TPSA) is 24.5 Å². The Labute approximate surface area is 116 Å². The Morgan fingerprint density at radius 2 is 1.95 bits per heavy atom. The van der Waals surface area contributed by atoms with Gasteiger partial charge in [-0.3, -0.25) is 0 Å². The molecule has 1 aliphatic heterocycles. The summed E-state index contributed by atoms with van der Waals surface area (Å²) in [4.78, 5) is 2.44. The normalized spacial score (nSPS) is 16.9. The minimum absolute atomic E-state index is 0.827. The lowest BCUT2D eigenvalue weighted by Crippen LogP contribution is -2.34. The van der Waals surface area contributed by atoms with Gasteiger partial charge < -0.3 is 15.0 Å². The quantitative estimate of drug-likeness (QED) is 0.762. The predicted molar refractivity (Wildman–Crippen MR) is 79.2 cm³/mol. The fourth-order valence-corrected chi connectivity index (χ4v) is 2.56. The van der Waals surface area contributed by atoms with Gasteiger partial charge in [-0.1, -0.05) is 30.3 Å². The Morgan fingerprint density at radius 1 is 1.21 bits per heavy atom. The van der Waals surface area contributed by atoms with Crippen LogP contribution in [0.5, 0.6) is 0 Å². The smallest absolute Gasteiger partial charge is 0.0469 e. The largest absolute Gasteiger partial charge is 0.381 e. The Hall–Kier alpha value is -0.900. The molecule has 1 N–H and O–H groups in total. The van der Waals surface area contributed by atoms with E-state index in [1.54, 1.807) is 0 Å². The maximum absolute atomic E-state index is 5.40. The number of hydrogen-bond donors (Lipinski definition) is 1. The number of rotatable bonds is 7. The summed E-state index contributed by atoms with van der Waals surface area (Å²) >= 11 is 0. The van der Waals surface area contributed by atoms with Crippen molar-refractivity contribution in [3.63, 3.8) is 0 Å². The molecule has 1 fully saturated rings. The number of hydrogen-bond acceptors (Lipinski definition) is 3. The fourth-order valence-electron chi connectivity index (χ4n) is 2.56. The highest BCUT2D eigenvalue weighted by atomic mass is 16.5. The molecule has 0 spiro atoms. The molecule has 106 valence electrons. The standard InChI is InChI=1S/C16H26N2O/c1-18(14-16-7-11-19-12-8-16)10-9-17-13-15-5-3-2-4-6-15/h2-6,16-17H,7-14H2,1H3. The third kappa shape index (κ3) is 5.72. The molecule has 0 aromatic heterocycles. The van der Waals surface area contributed by atoms with E-state index in [4.69, 9.17) is 4.74 Å². The Kier molecular flexibility index (Phi) is 6.34. The Balaban J connectivity index is 1.55. The van der Waals surface area contributed by atoms with Crippen LogP contribution < -0.4 is 5.32 Å². The lowest BCUT2D eigenvalue weighted by Gasteiger charge is -2.27. The van der Waals surface area contributed by atoms with Crippen molar-refractivity contribution in [2.75, 3.05) is 39.9 Å². The lowest BCUT2D eigenvalue weighted by atomic mass is 10.00. The molecule has 0 saturated carbocycles. The van der Waals surface area contributed by atoms with E-state index in [0.29, 0.717) is 0 Å². The van der Waals surface area contributed by atoms with Crippen molar-refractivity contribution in [3.05, 3.63) is 35.9 Å². The maximum atomic E-state index is 5.40. The number of ether oxygens (including phenoxy) is 1. The maximum Gasteiger partial charge on any atom is 0.0469 e. The minimum Gasteiger partial charge on any atom is -0.381 e. The SMILES string of the molecule is CN(CCNCc1ccccc1)CC1CCOCC1. The lowest BCUT2D eigenvalue weighted by molar-refractivity contribution is 0.0558. The molecule has 2 rings (SSSR count). The average molecular weight is 262 g/mol. The summed E-state index contributed by atoms with van der Waals surface area (Å²) in [5, 5.41) is 3.50. The van der Waals surface area contributed by atoms with Gasteiger partial charge in [-0.2, -0.15) is 0 Å². The second-order valence-corrected chi connectivity index (χ2v) is 5.48. The van der Waals surface area contributed by atoms with E-state index in [-0.39, 0.29) is 0 Å². The molecule has 3 nitrogen and oxygen atoms in total. The third-order valence-electron chi connectivity index (χ3n) is 3.75. The van der Waals surface area contributed by atoms with Crippen LogP contribution in [0, 0.1) is 5.92 Å². The molecule has 0 radical (unpaired) electrons. The summed E-state index contributed by atoms with van der Waals surface area (Å²) in [6, 6.07) is 10.6. The zero-order valence-corrected chi connectivity index (χ0v) is 12.0. The fraction of sp³-hybridized carbons (Fsp3) is 0.625. The van der Waals surface area contributed by atoms with Crippen molar-refractivity contribution in [1.29, 1.82) is 0 Å². The highest BCUT2D eigenvalue weighted by Gasteiger charge is 2.15. The van der Waals surface area contributed by atoms with E-state index in [1.807, 2.05) is 0 Å². The highest BCUT2D eigenvalue weighted by Crippen LogP contribution is 2.15. The first-order valence-electron chi connectivity index (χ1n) is 7.35. The third-order valence-corrected chi connectivity index (χ3v) is 3.75. The van der Waals surface area contributed by atoms with Crippen LogP contribution in [0.3, 0.4) is 0 Å². The number of likely N-dealkylation sites (N-methyl/N-ethyl adjacent to an activating group) is 1. The molecule has 19 heavy (non-hydrogen) atoms. The van der Waals surface area contributed by atoms with E-state index in [2.05, 4.69) is 47.6 Å². The molecule has 1 saturated heterocycles. The van der Waals surface area contributed by atoms with E-state index < -0.39 is 0 Å². The molecule has 3 heteroatoms. The van der Waals surface area contributed by atoms with Gasteiger partial charge in [0.25, 0.3) is 0 Å². The molecule has 0 unspecified atom stereocenters. The second kappa shape index (κ2) is 8.31. The van der Waals surface area contributed by atoms with E-state index in [0.717, 1.165) is 38.8 Å². The van der Waals surface area contributed by atoms with Crippen molar-refractivity contribution in [3.8, 4) is 0 Å². The summed E-state index contributed by atoms with van der Waals surface area (Å²) in [6.07, 6.45) is 2.45. The van der Waals surface area contributed by atoms with Gasteiger partial charge in [0.15, 0.2) is 0 Å². The van der Waals surface area contributed by atoms with Gasteiger partial charge in [-0.15, -0.1) is 0 Å². The van der Waals surface area contributed by atoms with Gasteiger partial charge in [0.1, 0.15) is 0 Å². The molecule has 0 bridgehead atoms. The highest BCUT2D eigenvalue weighted by molar-refractivity contribution is 5.14. The van der Waals surface area contributed by atoms with Crippen LogP contribution in [0.2, 0.25) is 0 Å². The summed E-state index contributed by atoms with van der Waals surface area (Å²) in [7, 11) is 2.22. The molecule has 0 amide bonds. The Bertz CT molecular complexity index is 336. The zero-order valence-electron chi connectivity index (χ0n) is 12.0. The van der Waals surface area contributed by atoms with Crippen LogP contribution in [0.1, 0.15) is 18.4 Å². The van der Waals surface area contributed by atoms with Crippen LogP contribution in [0.4, 0.5) is 0 Å². The van der Waals surface area contributed by atoms with Gasteiger partial charge in [-0.25, -0.2) is 0 Å². The molecular formula is C16H26N2O. The van der Waals surface area contributed by atoms with Crippen molar-refractivity contribution < 1.29 is 4.74 Å². The first kappa shape index (κ1) is 14.5. The van der Waals surface area contributed by atoms with Gasteiger partial charge in [0.2, 0.25) is 0 Å². The Morgan fingerprint density at radius 3 is 2.68 bits per heavy atom. The molecule has 1 aliphatic rings. The van der Waals surface area contributed by atoms with E-state index >= 15 is 0 Å². The van der Waals surface area contributed by atoms with Crippen molar-refractivity contribution in [1.82, 2.24) is 10.2 Å². The number of nitrogens with one attached hydrogen (secondary N) is 1. The van der Waals surface area contributed by atoms with Crippen LogP contribution in [0.15, 0.2) is 30.3 Å². The zero-order chi connectivity index (χ0) is 13.3.